The van der Waals surface area contributed by atoms with Crippen molar-refractivity contribution in [3.05, 3.63) is 70.8 Å². The van der Waals surface area contributed by atoms with Crippen LogP contribution in [0.5, 0.6) is 0 Å². The Morgan fingerprint density at radius 3 is 2.36 bits per heavy atom. The number of aryl methyl sites for hydroxylation is 2. The second kappa shape index (κ2) is 9.58. The molecule has 2 rings (SSSR count). The summed E-state index contributed by atoms with van der Waals surface area (Å²) in [6.45, 7) is 7.45. The van der Waals surface area contributed by atoms with Gasteiger partial charge in [-0.05, 0) is 49.8 Å². The summed E-state index contributed by atoms with van der Waals surface area (Å²) >= 11 is 1.32. The van der Waals surface area contributed by atoms with Crippen LogP contribution in [0.3, 0.4) is 0 Å². The Bertz CT molecular complexity index is 1050. The van der Waals surface area contributed by atoms with Gasteiger partial charge in [0.25, 0.3) is 0 Å². The lowest BCUT2D eigenvalue weighted by atomic mass is 9.98. The van der Waals surface area contributed by atoms with Gasteiger partial charge in [0, 0.05) is 5.57 Å². The molecule has 0 spiro atoms. The molecular weight excluding hydrogens is 392 g/mol. The average Bonchev–Trinajstić information content (AvgIpc) is 2.67. The number of thioether (sulfide) groups is 1. The van der Waals surface area contributed by atoms with Crippen LogP contribution < -0.4 is 0 Å². The molecule has 0 aliphatic rings. The molecule has 2 aromatic carbocycles. The Hall–Kier alpha value is -2.56. The molecule has 28 heavy (non-hydrogen) atoms. The van der Waals surface area contributed by atoms with Gasteiger partial charge in [0.15, 0.2) is 0 Å². The first kappa shape index (κ1) is 21.7. The highest BCUT2D eigenvalue weighted by molar-refractivity contribution is 8.14. The Kier molecular flexibility index (Phi) is 7.44. The Morgan fingerprint density at radius 2 is 1.79 bits per heavy atom. The van der Waals surface area contributed by atoms with Crippen LogP contribution in [-0.2, 0) is 14.4 Å². The van der Waals surface area contributed by atoms with Crippen molar-refractivity contribution in [1.82, 2.24) is 0 Å². The van der Waals surface area contributed by atoms with Crippen LogP contribution in [0, 0.1) is 25.2 Å². The van der Waals surface area contributed by atoms with Crippen LogP contribution in [0.4, 0.5) is 0 Å². The standard InChI is InChI=1S/C21H22N2O3S2/c1-5-27-21(17(4)20(14-22)19-9-7-6-8-16(19)3)23-26-28(24,25)18-12-10-15(2)11-13-18/h6-13H,5H2,1-4H3/b20-17+,23-21-. The van der Waals surface area contributed by atoms with Crippen LogP contribution in [0.15, 0.2) is 64.2 Å². The zero-order valence-corrected chi connectivity index (χ0v) is 17.9. The predicted molar refractivity (Wildman–Crippen MR) is 114 cm³/mol. The first-order chi connectivity index (χ1) is 13.3. The molecule has 0 saturated carbocycles. The van der Waals surface area contributed by atoms with Crippen LogP contribution >= 0.6 is 11.8 Å². The topological polar surface area (TPSA) is 79.5 Å². The van der Waals surface area contributed by atoms with Crippen LogP contribution in [0.1, 0.15) is 30.5 Å². The molecule has 0 N–H and O–H groups in total. The number of nitrogens with zero attached hydrogens (tertiary/aromatic N) is 2. The molecule has 0 amide bonds. The normalized spacial score (nSPS) is 12.9. The molecule has 2 aromatic rings. The summed E-state index contributed by atoms with van der Waals surface area (Å²) in [5.74, 6) is 0.649. The minimum Gasteiger partial charge on any atom is -0.264 e. The third-order valence-corrected chi connectivity index (χ3v) is 6.09. The highest BCUT2D eigenvalue weighted by Gasteiger charge is 2.18. The van der Waals surface area contributed by atoms with Gasteiger partial charge >= 0.3 is 10.1 Å². The predicted octanol–water partition coefficient (Wildman–Crippen LogP) is 5.07. The lowest BCUT2D eigenvalue weighted by Crippen LogP contribution is -2.06. The highest BCUT2D eigenvalue weighted by Crippen LogP contribution is 2.26. The molecule has 0 atom stereocenters. The van der Waals surface area contributed by atoms with Gasteiger partial charge in [-0.15, -0.1) is 11.8 Å². The molecule has 0 unspecified atom stereocenters. The molecule has 0 aliphatic carbocycles. The molecule has 0 bridgehead atoms. The van der Waals surface area contributed by atoms with E-state index in [0.29, 0.717) is 21.9 Å². The number of benzene rings is 2. The molecule has 5 nitrogen and oxygen atoms in total. The Labute approximate surface area is 170 Å². The van der Waals surface area contributed by atoms with E-state index in [1.807, 2.05) is 45.0 Å². The van der Waals surface area contributed by atoms with Crippen LogP contribution in [0.25, 0.3) is 5.57 Å². The van der Waals surface area contributed by atoms with Gasteiger partial charge in [0.05, 0.1) is 5.57 Å². The van der Waals surface area contributed by atoms with Crippen molar-refractivity contribution in [1.29, 1.82) is 5.26 Å². The van der Waals surface area contributed by atoms with Crippen molar-refractivity contribution in [3.8, 4) is 6.07 Å². The summed E-state index contributed by atoms with van der Waals surface area (Å²) < 4.78 is 29.8. The maximum Gasteiger partial charge on any atom is 0.358 e. The van der Waals surface area contributed by atoms with Crippen molar-refractivity contribution in [2.45, 2.75) is 32.6 Å². The number of hydrogen-bond acceptors (Lipinski definition) is 6. The van der Waals surface area contributed by atoms with Gasteiger partial charge in [0.2, 0.25) is 0 Å². The molecule has 0 aliphatic heterocycles. The molecular formula is C21H22N2O3S2. The number of allylic oxidation sites excluding steroid dienone is 1. The molecule has 0 aromatic heterocycles. The first-order valence-electron chi connectivity index (χ1n) is 8.68. The van der Waals surface area contributed by atoms with Gasteiger partial charge in [-0.3, -0.25) is 4.28 Å². The largest absolute Gasteiger partial charge is 0.358 e. The quantitative estimate of drug-likeness (QED) is 0.285. The van der Waals surface area contributed by atoms with E-state index in [9.17, 15) is 13.7 Å². The van der Waals surface area contributed by atoms with Crippen molar-refractivity contribution in [2.24, 2.45) is 5.16 Å². The fourth-order valence-corrected chi connectivity index (χ4v) is 3.93. The average molecular weight is 415 g/mol. The summed E-state index contributed by atoms with van der Waals surface area (Å²) in [5.41, 5.74) is 3.69. The van der Waals surface area contributed by atoms with E-state index in [1.54, 1.807) is 19.1 Å². The first-order valence-corrected chi connectivity index (χ1v) is 11.1. The van der Waals surface area contributed by atoms with Crippen molar-refractivity contribution >= 4 is 32.5 Å². The third kappa shape index (κ3) is 5.24. The molecule has 146 valence electrons. The number of hydrogen-bond donors (Lipinski definition) is 0. The zero-order chi connectivity index (χ0) is 20.7. The monoisotopic (exact) mass is 414 g/mol. The van der Waals surface area contributed by atoms with E-state index < -0.39 is 10.1 Å². The number of nitriles is 1. The zero-order valence-electron chi connectivity index (χ0n) is 16.3. The minimum atomic E-state index is -4.04. The summed E-state index contributed by atoms with van der Waals surface area (Å²) in [5, 5.41) is 13.9. The maximum absolute atomic E-state index is 12.4. The SMILES string of the molecule is CCSC(=N\OS(=O)(=O)c1ccc(C)cc1)/C(C)=C(\C#N)c1ccccc1C. The molecule has 0 heterocycles. The van der Waals surface area contributed by atoms with Crippen LogP contribution in [-0.4, -0.2) is 19.2 Å². The molecule has 0 saturated heterocycles. The molecule has 0 radical (unpaired) electrons. The summed E-state index contributed by atoms with van der Waals surface area (Å²) in [6, 6.07) is 16.1. The van der Waals surface area contributed by atoms with Gasteiger partial charge in [-0.25, -0.2) is 0 Å². The van der Waals surface area contributed by atoms with E-state index in [1.165, 1.54) is 23.9 Å². The van der Waals surface area contributed by atoms with Gasteiger partial charge in [-0.2, -0.15) is 13.7 Å². The van der Waals surface area contributed by atoms with Crippen molar-refractivity contribution in [3.63, 3.8) is 0 Å². The maximum atomic E-state index is 12.4. The fourth-order valence-electron chi connectivity index (χ4n) is 2.48. The van der Waals surface area contributed by atoms with E-state index >= 15 is 0 Å². The second-order valence-electron chi connectivity index (χ2n) is 6.10. The van der Waals surface area contributed by atoms with Crippen molar-refractivity contribution in [2.75, 3.05) is 5.75 Å². The highest BCUT2D eigenvalue weighted by atomic mass is 32.2. The lowest BCUT2D eigenvalue weighted by Gasteiger charge is -2.10. The molecule has 0 fully saturated rings. The summed E-state index contributed by atoms with van der Waals surface area (Å²) in [4.78, 5) is 0.0312. The lowest BCUT2D eigenvalue weighted by molar-refractivity contribution is 0.340. The van der Waals surface area contributed by atoms with E-state index in [-0.39, 0.29) is 4.90 Å². The van der Waals surface area contributed by atoms with Crippen LogP contribution in [0.2, 0.25) is 0 Å². The third-order valence-electron chi connectivity index (χ3n) is 4.03. The number of rotatable bonds is 6. The molecule has 7 heteroatoms. The smallest absolute Gasteiger partial charge is 0.264 e. The number of oxime groups is 1. The second-order valence-corrected chi connectivity index (χ2v) is 8.88. The minimum absolute atomic E-state index is 0.0312. The Morgan fingerprint density at radius 1 is 1.14 bits per heavy atom. The van der Waals surface area contributed by atoms with Crippen molar-refractivity contribution < 1.29 is 12.7 Å². The fraction of sp³-hybridized carbons (Fsp3) is 0.238. The van der Waals surface area contributed by atoms with E-state index in [2.05, 4.69) is 11.2 Å². The van der Waals surface area contributed by atoms with Gasteiger partial charge in [0.1, 0.15) is 16.0 Å². The van der Waals surface area contributed by atoms with Gasteiger partial charge in [-0.1, -0.05) is 54.0 Å². The summed E-state index contributed by atoms with van der Waals surface area (Å²) in [6.07, 6.45) is 0. The van der Waals surface area contributed by atoms with Gasteiger partial charge < -0.3 is 0 Å². The Balaban J connectivity index is 2.44. The van der Waals surface area contributed by atoms with E-state index in [4.69, 9.17) is 4.28 Å². The summed E-state index contributed by atoms with van der Waals surface area (Å²) in [7, 11) is -4.04. The van der Waals surface area contributed by atoms with E-state index in [0.717, 1.165) is 16.7 Å².